The Bertz CT molecular complexity index is 850. The molecule has 7 heteroatoms. The number of benzene rings is 2. The normalized spacial score (nSPS) is 11.1. The standard InChI is InChI=1S/C27H38O7/c28-21(13-9-5-1-3-7-11-19-15-17-22(29)26(33)24(19)31)14-10-6-2-4-8-12-20-16-18-23(30)27(34)25(20)32/h15-18,29-34H,1-14H2. The van der Waals surface area contributed by atoms with Gasteiger partial charge in [-0.2, -0.15) is 0 Å². The highest BCUT2D eigenvalue weighted by molar-refractivity contribution is 5.78. The Morgan fingerprint density at radius 1 is 0.471 bits per heavy atom. The first-order valence-electron chi connectivity index (χ1n) is 12.3. The minimum absolute atomic E-state index is 0.248. The molecule has 0 aliphatic heterocycles. The molecule has 0 heterocycles. The van der Waals surface area contributed by atoms with Crippen molar-refractivity contribution in [3.63, 3.8) is 0 Å². The first-order chi connectivity index (χ1) is 16.3. The molecule has 0 unspecified atom stereocenters. The van der Waals surface area contributed by atoms with Crippen LogP contribution < -0.4 is 0 Å². The highest BCUT2D eigenvalue weighted by Gasteiger charge is 2.11. The smallest absolute Gasteiger partial charge is 0.200 e. The lowest BCUT2D eigenvalue weighted by Crippen LogP contribution is -1.98. The van der Waals surface area contributed by atoms with Gasteiger partial charge in [0, 0.05) is 12.8 Å². The van der Waals surface area contributed by atoms with Crippen LogP contribution in [0.5, 0.6) is 34.5 Å². The summed E-state index contributed by atoms with van der Waals surface area (Å²) in [6, 6.07) is 6.00. The van der Waals surface area contributed by atoms with E-state index in [1.54, 1.807) is 12.1 Å². The Morgan fingerprint density at radius 3 is 1.24 bits per heavy atom. The van der Waals surface area contributed by atoms with Crippen LogP contribution in [0.2, 0.25) is 0 Å². The zero-order valence-electron chi connectivity index (χ0n) is 19.8. The van der Waals surface area contributed by atoms with Gasteiger partial charge in [-0.05, 0) is 61.8 Å². The van der Waals surface area contributed by atoms with Gasteiger partial charge in [-0.3, -0.25) is 4.79 Å². The minimum atomic E-state index is -0.466. The Morgan fingerprint density at radius 2 is 0.824 bits per heavy atom. The van der Waals surface area contributed by atoms with E-state index in [-0.39, 0.29) is 23.0 Å². The molecule has 0 fully saturated rings. The third kappa shape index (κ3) is 8.69. The lowest BCUT2D eigenvalue weighted by Gasteiger charge is -2.08. The van der Waals surface area contributed by atoms with Gasteiger partial charge < -0.3 is 30.6 Å². The molecule has 0 bridgehead atoms. The summed E-state index contributed by atoms with van der Waals surface area (Å²) in [5.41, 5.74) is 1.26. The van der Waals surface area contributed by atoms with Gasteiger partial charge in [0.1, 0.15) is 5.78 Å². The number of carbonyl (C=O) groups is 1. The Hall–Kier alpha value is -3.09. The highest BCUT2D eigenvalue weighted by Crippen LogP contribution is 2.38. The fraction of sp³-hybridized carbons (Fsp3) is 0.519. The van der Waals surface area contributed by atoms with Crippen molar-refractivity contribution in [2.24, 2.45) is 0 Å². The number of aryl methyl sites for hydroxylation is 2. The quantitative estimate of drug-likeness (QED) is 0.130. The summed E-state index contributed by atoms with van der Waals surface area (Å²) >= 11 is 0. The van der Waals surface area contributed by atoms with Gasteiger partial charge in [-0.15, -0.1) is 0 Å². The van der Waals surface area contributed by atoms with Crippen molar-refractivity contribution in [3.05, 3.63) is 35.4 Å². The summed E-state index contributed by atoms with van der Waals surface area (Å²) in [7, 11) is 0. The number of phenols is 6. The molecule has 0 spiro atoms. The van der Waals surface area contributed by atoms with E-state index in [1.807, 2.05) is 0 Å². The number of ketones is 1. The number of hydrogen-bond donors (Lipinski definition) is 6. The van der Waals surface area contributed by atoms with Crippen LogP contribution in [0, 0.1) is 0 Å². The highest BCUT2D eigenvalue weighted by atomic mass is 16.3. The molecular formula is C27H38O7. The lowest BCUT2D eigenvalue weighted by atomic mass is 10.0. The number of Topliss-reactive ketones (excluding diaryl/α,β-unsaturated/α-hetero) is 1. The van der Waals surface area contributed by atoms with Crippen molar-refractivity contribution in [1.29, 1.82) is 0 Å². The second-order valence-electron chi connectivity index (χ2n) is 8.96. The second kappa shape index (κ2) is 14.2. The number of aromatic hydroxyl groups is 6. The van der Waals surface area contributed by atoms with Gasteiger partial charge in [0.15, 0.2) is 23.0 Å². The molecule has 0 aliphatic carbocycles. The number of phenolic OH excluding ortho intramolecular Hbond substituents is 6. The van der Waals surface area contributed by atoms with Crippen molar-refractivity contribution in [3.8, 4) is 34.5 Å². The van der Waals surface area contributed by atoms with Crippen LogP contribution in [-0.4, -0.2) is 36.4 Å². The van der Waals surface area contributed by atoms with E-state index in [9.17, 15) is 35.4 Å². The van der Waals surface area contributed by atoms with Gasteiger partial charge in [-0.1, -0.05) is 50.7 Å². The van der Waals surface area contributed by atoms with E-state index in [2.05, 4.69) is 0 Å². The van der Waals surface area contributed by atoms with Gasteiger partial charge >= 0.3 is 0 Å². The van der Waals surface area contributed by atoms with E-state index in [1.165, 1.54) is 12.1 Å². The number of rotatable bonds is 16. The summed E-state index contributed by atoms with van der Waals surface area (Å²) < 4.78 is 0. The predicted molar refractivity (Wildman–Crippen MR) is 131 cm³/mol. The molecule has 34 heavy (non-hydrogen) atoms. The fourth-order valence-corrected chi connectivity index (χ4v) is 4.09. The van der Waals surface area contributed by atoms with Crippen LogP contribution in [-0.2, 0) is 17.6 Å². The molecule has 0 aromatic heterocycles. The maximum atomic E-state index is 12.0. The van der Waals surface area contributed by atoms with Crippen molar-refractivity contribution in [2.75, 3.05) is 0 Å². The summed E-state index contributed by atoms with van der Waals surface area (Å²) in [6.45, 7) is 0. The molecular weight excluding hydrogens is 436 g/mol. The van der Waals surface area contributed by atoms with Gasteiger partial charge in [-0.25, -0.2) is 0 Å². The number of carbonyl (C=O) groups excluding carboxylic acids is 1. The summed E-state index contributed by atoms with van der Waals surface area (Å²) in [5, 5.41) is 57.4. The second-order valence-corrected chi connectivity index (χ2v) is 8.96. The maximum absolute atomic E-state index is 12.0. The summed E-state index contributed by atoms with van der Waals surface area (Å²) in [5.74, 6) is -1.75. The number of unbranched alkanes of at least 4 members (excludes halogenated alkanes) is 8. The van der Waals surface area contributed by atoms with E-state index in [4.69, 9.17) is 0 Å². The maximum Gasteiger partial charge on any atom is 0.200 e. The third-order valence-electron chi connectivity index (χ3n) is 6.23. The molecule has 188 valence electrons. The first-order valence-corrected chi connectivity index (χ1v) is 12.3. The van der Waals surface area contributed by atoms with Gasteiger partial charge in [0.05, 0.1) is 0 Å². The van der Waals surface area contributed by atoms with Crippen molar-refractivity contribution < 1.29 is 35.4 Å². The van der Waals surface area contributed by atoms with Crippen LogP contribution in [0.4, 0.5) is 0 Å². The fourth-order valence-electron chi connectivity index (χ4n) is 4.09. The third-order valence-corrected chi connectivity index (χ3v) is 6.23. The molecule has 0 radical (unpaired) electrons. The largest absolute Gasteiger partial charge is 0.504 e. The van der Waals surface area contributed by atoms with Crippen molar-refractivity contribution >= 4 is 5.78 Å². The average Bonchev–Trinajstić information content (AvgIpc) is 2.82. The molecule has 7 nitrogen and oxygen atoms in total. The molecule has 0 saturated carbocycles. The van der Waals surface area contributed by atoms with Gasteiger partial charge in [0.2, 0.25) is 11.5 Å². The Balaban J connectivity index is 1.43. The van der Waals surface area contributed by atoms with E-state index in [0.717, 1.165) is 64.2 Å². The lowest BCUT2D eigenvalue weighted by molar-refractivity contribution is -0.119. The molecule has 0 amide bonds. The molecule has 0 aliphatic rings. The van der Waals surface area contributed by atoms with Crippen LogP contribution in [0.1, 0.15) is 88.2 Å². The Kier molecular flexibility index (Phi) is 11.4. The molecule has 6 N–H and O–H groups in total. The van der Waals surface area contributed by atoms with Crippen LogP contribution in [0.3, 0.4) is 0 Å². The zero-order chi connectivity index (χ0) is 24.9. The SMILES string of the molecule is O=C(CCCCCCCc1ccc(O)c(O)c1O)CCCCCCCc1ccc(O)c(O)c1O. The molecule has 2 aromatic rings. The average molecular weight is 475 g/mol. The van der Waals surface area contributed by atoms with E-state index < -0.39 is 11.5 Å². The predicted octanol–water partition coefficient (Wildman–Crippen LogP) is 5.96. The Labute approximate surface area is 201 Å². The first kappa shape index (κ1) is 27.2. The summed E-state index contributed by atoms with van der Waals surface area (Å²) in [4.78, 5) is 12.0. The van der Waals surface area contributed by atoms with Crippen LogP contribution in [0.25, 0.3) is 0 Å². The molecule has 2 aromatic carbocycles. The zero-order valence-corrected chi connectivity index (χ0v) is 19.8. The monoisotopic (exact) mass is 474 g/mol. The molecule has 0 atom stereocenters. The molecule has 0 saturated heterocycles. The topological polar surface area (TPSA) is 138 Å². The molecule has 2 rings (SSSR count). The van der Waals surface area contributed by atoms with Crippen LogP contribution >= 0.6 is 0 Å². The van der Waals surface area contributed by atoms with Crippen molar-refractivity contribution in [2.45, 2.75) is 89.9 Å². The van der Waals surface area contributed by atoms with Crippen molar-refractivity contribution in [1.82, 2.24) is 0 Å². The number of hydrogen-bond acceptors (Lipinski definition) is 7. The van der Waals surface area contributed by atoms with Crippen LogP contribution in [0.15, 0.2) is 24.3 Å². The van der Waals surface area contributed by atoms with Gasteiger partial charge in [0.25, 0.3) is 0 Å². The van der Waals surface area contributed by atoms with E-state index in [0.29, 0.717) is 42.6 Å². The minimum Gasteiger partial charge on any atom is -0.504 e. The van der Waals surface area contributed by atoms with E-state index >= 15 is 0 Å². The summed E-state index contributed by atoms with van der Waals surface area (Å²) in [6.07, 6.45) is 12.1.